The summed E-state index contributed by atoms with van der Waals surface area (Å²) in [7, 11) is 0. The first kappa shape index (κ1) is 34.2. The zero-order valence-electron chi connectivity index (χ0n) is 32.7. The van der Waals surface area contributed by atoms with Crippen molar-refractivity contribution in [3.05, 3.63) is 161 Å². The molecule has 3 aromatic heterocycles. The zero-order chi connectivity index (χ0) is 38.3. The van der Waals surface area contributed by atoms with Gasteiger partial charge < -0.3 is 9.32 Å². The lowest BCUT2D eigenvalue weighted by atomic mass is 9.74. The molecule has 4 aliphatic carbocycles. The highest BCUT2D eigenvalue weighted by molar-refractivity contribution is 7.25. The third-order valence-corrected chi connectivity index (χ3v) is 14.4. The quantitative estimate of drug-likeness (QED) is 0.174. The van der Waals surface area contributed by atoms with Crippen LogP contribution in [-0.2, 0) is 6.42 Å². The van der Waals surface area contributed by atoms with Gasteiger partial charge in [0.1, 0.15) is 17.2 Å². The molecule has 4 heterocycles. The summed E-state index contributed by atoms with van der Waals surface area (Å²) in [6.07, 6.45) is 23.3. The average Bonchev–Trinajstić information content (AvgIpc) is 3.95. The van der Waals surface area contributed by atoms with Gasteiger partial charge in [0.15, 0.2) is 11.6 Å². The molecule has 4 atom stereocenters. The normalized spacial score (nSPS) is 22.7. The van der Waals surface area contributed by atoms with Gasteiger partial charge in [0.25, 0.3) is 0 Å². The van der Waals surface area contributed by atoms with E-state index in [9.17, 15) is 0 Å². The Labute approximate surface area is 342 Å². The number of rotatable bonds is 5. The van der Waals surface area contributed by atoms with E-state index >= 15 is 0 Å². The molecule has 0 amide bonds. The van der Waals surface area contributed by atoms with E-state index in [-0.39, 0.29) is 5.92 Å². The Balaban J connectivity index is 0.947. The molecule has 0 N–H and O–H groups in total. The Bertz CT molecular complexity index is 2960. The summed E-state index contributed by atoms with van der Waals surface area (Å²) in [6.45, 7) is 2.41. The third-order valence-electron chi connectivity index (χ3n) is 13.3. The summed E-state index contributed by atoms with van der Waals surface area (Å²) in [4.78, 5) is 18.3. The van der Waals surface area contributed by atoms with Crippen LogP contribution in [0.4, 0.5) is 5.69 Å². The Kier molecular flexibility index (Phi) is 8.04. The summed E-state index contributed by atoms with van der Waals surface area (Å²) in [5.74, 6) is 4.19. The van der Waals surface area contributed by atoms with Gasteiger partial charge in [-0.2, -0.15) is 0 Å². The number of benzene rings is 4. The number of nitrogens with zero attached hydrogens (tertiary/aromatic N) is 4. The number of fused-ring (bicyclic) bond motifs is 8. The van der Waals surface area contributed by atoms with E-state index in [4.69, 9.17) is 19.4 Å². The third kappa shape index (κ3) is 5.52. The monoisotopic (exact) mass is 772 g/mol. The van der Waals surface area contributed by atoms with E-state index in [2.05, 4.69) is 121 Å². The van der Waals surface area contributed by atoms with Crippen LogP contribution in [0.25, 0.3) is 60.0 Å². The molecular formula is C52H44N4OS. The molecule has 5 aliphatic rings. The van der Waals surface area contributed by atoms with Gasteiger partial charge >= 0.3 is 0 Å². The fraction of sp³-hybridized carbons (Fsp3) is 0.250. The van der Waals surface area contributed by atoms with Crippen molar-refractivity contribution >= 4 is 54.2 Å². The molecule has 4 unspecified atom stereocenters. The van der Waals surface area contributed by atoms with Gasteiger partial charge in [-0.25, -0.2) is 15.0 Å². The van der Waals surface area contributed by atoms with Gasteiger partial charge in [0.2, 0.25) is 0 Å². The van der Waals surface area contributed by atoms with E-state index in [0.29, 0.717) is 35.9 Å². The minimum Gasteiger partial charge on any atom is -0.460 e. The van der Waals surface area contributed by atoms with Crippen molar-refractivity contribution in [1.29, 1.82) is 0 Å². The maximum Gasteiger partial charge on any atom is 0.163 e. The van der Waals surface area contributed by atoms with E-state index in [0.717, 1.165) is 47.6 Å². The van der Waals surface area contributed by atoms with Crippen LogP contribution in [0.5, 0.6) is 0 Å². The Morgan fingerprint density at radius 3 is 2.53 bits per heavy atom. The zero-order valence-corrected chi connectivity index (χ0v) is 33.5. The number of hydrogen-bond acceptors (Lipinski definition) is 6. The molecule has 0 radical (unpaired) electrons. The molecule has 0 saturated heterocycles. The van der Waals surface area contributed by atoms with Crippen molar-refractivity contribution in [2.45, 2.75) is 70.3 Å². The van der Waals surface area contributed by atoms with E-state index in [1.54, 1.807) is 11.3 Å². The summed E-state index contributed by atoms with van der Waals surface area (Å²) < 4.78 is 9.39. The number of aromatic nitrogens is 3. The lowest BCUT2D eigenvalue weighted by Crippen LogP contribution is -2.36. The molecule has 6 heteroatoms. The molecule has 0 spiro atoms. The Morgan fingerprint density at radius 1 is 0.793 bits per heavy atom. The predicted octanol–water partition coefficient (Wildman–Crippen LogP) is 13.5. The summed E-state index contributed by atoms with van der Waals surface area (Å²) in [5.41, 5.74) is 11.7. The maximum absolute atomic E-state index is 6.87. The second kappa shape index (κ2) is 13.6. The summed E-state index contributed by atoms with van der Waals surface area (Å²) >= 11 is 1.82. The van der Waals surface area contributed by atoms with Crippen LogP contribution in [0.2, 0.25) is 0 Å². The topological polar surface area (TPSA) is 55.1 Å². The van der Waals surface area contributed by atoms with Crippen LogP contribution in [-0.4, -0.2) is 21.0 Å². The molecule has 5 nitrogen and oxygen atoms in total. The average molecular weight is 773 g/mol. The molecular weight excluding hydrogens is 729 g/mol. The highest BCUT2D eigenvalue weighted by Gasteiger charge is 2.46. The van der Waals surface area contributed by atoms with E-state index in [1.165, 1.54) is 73.6 Å². The SMILES string of the molecule is CC1C=C(C2=CC=CCC2)C2=C(C1)N(c1cccc3oc4c(c13)C=CC(c1nc(-c3ccccc3)nc(-c3ccc5c(c3)sc3ccccc35)n1)C4)C1CCCCC21. The molecule has 7 aromatic rings. The standard InChI is InChI=1S/C52H44N4OS/c1-31-27-40(32-13-4-2-5-14-32)48-38-18-8-10-19-41(38)56(43(48)28-31)42-20-12-21-44-49(42)39-26-24-34(29-45(39)57-44)51-53-50(33-15-6-3-7-16-33)54-52(55-51)35-23-25-37-36-17-9-11-22-46(36)58-47(37)30-35/h2-4,6-7,9,11-13,15-17,20-27,30-31,34,38,41H,5,8,10,14,18-19,28-29H2,1H3. The van der Waals surface area contributed by atoms with Gasteiger partial charge in [-0.15, -0.1) is 11.3 Å². The molecule has 284 valence electrons. The fourth-order valence-electron chi connectivity index (χ4n) is 10.7. The smallest absolute Gasteiger partial charge is 0.163 e. The molecule has 1 fully saturated rings. The molecule has 58 heavy (non-hydrogen) atoms. The van der Waals surface area contributed by atoms with Crippen LogP contribution in [0.3, 0.4) is 0 Å². The van der Waals surface area contributed by atoms with Crippen molar-refractivity contribution in [1.82, 2.24) is 15.0 Å². The highest BCUT2D eigenvalue weighted by atomic mass is 32.1. The van der Waals surface area contributed by atoms with Crippen molar-refractivity contribution in [3.63, 3.8) is 0 Å². The number of anilines is 1. The minimum atomic E-state index is -0.0534. The largest absolute Gasteiger partial charge is 0.460 e. The van der Waals surface area contributed by atoms with Crippen LogP contribution < -0.4 is 4.90 Å². The van der Waals surface area contributed by atoms with Gasteiger partial charge in [-0.3, -0.25) is 0 Å². The minimum absolute atomic E-state index is 0.0534. The van der Waals surface area contributed by atoms with Crippen LogP contribution in [0.15, 0.2) is 148 Å². The van der Waals surface area contributed by atoms with Crippen LogP contribution in [0, 0.1) is 11.8 Å². The van der Waals surface area contributed by atoms with Crippen molar-refractivity contribution in [3.8, 4) is 22.8 Å². The maximum atomic E-state index is 6.87. The fourth-order valence-corrected chi connectivity index (χ4v) is 11.8. The van der Waals surface area contributed by atoms with E-state index in [1.807, 2.05) is 29.5 Å². The predicted molar refractivity (Wildman–Crippen MR) is 239 cm³/mol. The number of thiophene rings is 1. The molecule has 0 bridgehead atoms. The first-order valence-electron chi connectivity index (χ1n) is 21.2. The van der Waals surface area contributed by atoms with E-state index < -0.39 is 0 Å². The molecule has 1 saturated carbocycles. The van der Waals surface area contributed by atoms with Crippen LogP contribution >= 0.6 is 11.3 Å². The Morgan fingerprint density at radius 2 is 1.64 bits per heavy atom. The van der Waals surface area contributed by atoms with Crippen molar-refractivity contribution in [2.24, 2.45) is 11.8 Å². The summed E-state index contributed by atoms with van der Waals surface area (Å²) in [5, 5.41) is 3.80. The molecule has 4 aromatic carbocycles. The number of furan rings is 1. The summed E-state index contributed by atoms with van der Waals surface area (Å²) in [6, 6.07) is 32.8. The molecule has 12 rings (SSSR count). The first-order valence-corrected chi connectivity index (χ1v) is 22.0. The van der Waals surface area contributed by atoms with Gasteiger partial charge in [0.05, 0.1) is 11.1 Å². The number of hydrogen-bond donors (Lipinski definition) is 0. The number of allylic oxidation sites excluding steroid dienone is 8. The van der Waals surface area contributed by atoms with Gasteiger partial charge in [-0.05, 0) is 79.0 Å². The molecule has 1 aliphatic heterocycles. The lowest BCUT2D eigenvalue weighted by Gasteiger charge is -2.36. The first-order chi connectivity index (χ1) is 28.6. The Hall–Kier alpha value is -5.85. The van der Waals surface area contributed by atoms with Crippen molar-refractivity contribution in [2.75, 3.05) is 4.90 Å². The highest BCUT2D eigenvalue weighted by Crippen LogP contribution is 2.54. The van der Waals surface area contributed by atoms with Crippen molar-refractivity contribution < 1.29 is 4.42 Å². The second-order valence-corrected chi connectivity index (χ2v) is 18.0. The van der Waals surface area contributed by atoms with Gasteiger partial charge in [-0.1, -0.05) is 123 Å². The van der Waals surface area contributed by atoms with Gasteiger partial charge in [0, 0.05) is 66.9 Å². The second-order valence-electron chi connectivity index (χ2n) is 16.9. The lowest BCUT2D eigenvalue weighted by molar-refractivity contribution is 0.365. The van der Waals surface area contributed by atoms with Crippen LogP contribution in [0.1, 0.15) is 74.9 Å².